The Kier molecular flexibility index (Phi) is 5.36. The van der Waals surface area contributed by atoms with Gasteiger partial charge in [-0.05, 0) is 31.5 Å². The zero-order chi connectivity index (χ0) is 13.8. The molecule has 0 spiro atoms. The molecule has 6 heteroatoms. The van der Waals surface area contributed by atoms with E-state index in [1.807, 2.05) is 30.3 Å². The Morgan fingerprint density at radius 1 is 1.33 bits per heavy atom. The summed E-state index contributed by atoms with van der Waals surface area (Å²) in [6.07, 6.45) is 5.51. The Balaban J connectivity index is 0.00000161. The third kappa shape index (κ3) is 3.83. The second-order valence-corrected chi connectivity index (χ2v) is 5.03. The monoisotopic (exact) mass is 306 g/mol. The molecule has 1 saturated heterocycles. The molecule has 1 fully saturated rings. The molecule has 5 nitrogen and oxygen atoms in total. The maximum Gasteiger partial charge on any atom is 0.254 e. The molecule has 21 heavy (non-hydrogen) atoms. The molecule has 0 bridgehead atoms. The lowest BCUT2D eigenvalue weighted by Crippen LogP contribution is -2.45. The molecule has 0 radical (unpaired) electrons. The maximum absolute atomic E-state index is 12.2. The van der Waals surface area contributed by atoms with Crippen LogP contribution < -0.4 is 10.6 Å². The van der Waals surface area contributed by atoms with Crippen molar-refractivity contribution in [2.24, 2.45) is 0 Å². The van der Waals surface area contributed by atoms with Gasteiger partial charge in [-0.25, -0.2) is 4.68 Å². The number of para-hydroxylation sites is 1. The zero-order valence-electron chi connectivity index (χ0n) is 11.7. The van der Waals surface area contributed by atoms with Crippen LogP contribution in [0.1, 0.15) is 23.2 Å². The molecule has 0 saturated carbocycles. The molecule has 2 N–H and O–H groups in total. The van der Waals surface area contributed by atoms with Crippen molar-refractivity contribution in [3.05, 3.63) is 48.3 Å². The van der Waals surface area contributed by atoms with Crippen LogP contribution in [-0.4, -0.2) is 34.8 Å². The van der Waals surface area contributed by atoms with Gasteiger partial charge in [0.2, 0.25) is 0 Å². The Labute approximate surface area is 130 Å². The van der Waals surface area contributed by atoms with Crippen molar-refractivity contribution in [3.8, 4) is 5.69 Å². The molecule has 1 atom stereocenters. The summed E-state index contributed by atoms with van der Waals surface area (Å²) in [6.45, 7) is 1.89. The topological polar surface area (TPSA) is 59.0 Å². The highest BCUT2D eigenvalue weighted by Gasteiger charge is 2.17. The molecule has 1 aromatic carbocycles. The third-order valence-corrected chi connectivity index (χ3v) is 3.50. The number of carbonyl (C=O) groups is 1. The van der Waals surface area contributed by atoms with Crippen LogP contribution in [0.15, 0.2) is 42.7 Å². The zero-order valence-corrected chi connectivity index (χ0v) is 12.5. The van der Waals surface area contributed by atoms with Crippen molar-refractivity contribution < 1.29 is 4.79 Å². The number of halogens is 1. The number of hydrogen-bond acceptors (Lipinski definition) is 3. The highest BCUT2D eigenvalue weighted by atomic mass is 35.5. The molecule has 1 amide bonds. The molecular formula is C15H19ClN4O. The molecule has 1 aliphatic heterocycles. The summed E-state index contributed by atoms with van der Waals surface area (Å²) in [5.74, 6) is -0.0547. The number of rotatable bonds is 3. The van der Waals surface area contributed by atoms with Crippen LogP contribution in [0.2, 0.25) is 0 Å². The Hall–Kier alpha value is -1.85. The fourth-order valence-electron chi connectivity index (χ4n) is 2.41. The van der Waals surface area contributed by atoms with Crippen molar-refractivity contribution in [1.29, 1.82) is 0 Å². The number of amides is 1. The van der Waals surface area contributed by atoms with Crippen molar-refractivity contribution in [3.63, 3.8) is 0 Å². The van der Waals surface area contributed by atoms with Gasteiger partial charge in [-0.2, -0.15) is 5.10 Å². The predicted octanol–water partition coefficient (Wildman–Crippen LogP) is 1.78. The molecule has 3 rings (SSSR count). The summed E-state index contributed by atoms with van der Waals surface area (Å²) in [4.78, 5) is 12.2. The van der Waals surface area contributed by atoms with Gasteiger partial charge in [-0.1, -0.05) is 18.2 Å². The standard InChI is InChI=1S/C15H18N4O.ClH/c20-15(18-13-5-4-8-16-10-13)12-9-17-19(11-12)14-6-2-1-3-7-14;/h1-3,6-7,9,11,13,16H,4-5,8,10H2,(H,18,20);1H/t13-;/m1./s1. The number of aromatic nitrogens is 2. The van der Waals surface area contributed by atoms with Gasteiger partial charge < -0.3 is 10.6 Å². The van der Waals surface area contributed by atoms with Crippen molar-refractivity contribution in [2.45, 2.75) is 18.9 Å². The predicted molar refractivity (Wildman–Crippen MR) is 84.2 cm³/mol. The molecule has 1 aliphatic rings. The summed E-state index contributed by atoms with van der Waals surface area (Å²) in [5.41, 5.74) is 1.55. The van der Waals surface area contributed by atoms with Crippen molar-refractivity contribution in [2.75, 3.05) is 13.1 Å². The van der Waals surface area contributed by atoms with Crippen LogP contribution in [0.5, 0.6) is 0 Å². The maximum atomic E-state index is 12.2. The molecule has 112 valence electrons. The minimum atomic E-state index is -0.0547. The first-order valence-corrected chi connectivity index (χ1v) is 6.94. The lowest BCUT2D eigenvalue weighted by molar-refractivity contribution is 0.0930. The molecule has 1 aromatic heterocycles. The van der Waals surface area contributed by atoms with Crippen LogP contribution in [-0.2, 0) is 0 Å². The first-order chi connectivity index (χ1) is 9.83. The second-order valence-electron chi connectivity index (χ2n) is 5.03. The molecule has 0 aliphatic carbocycles. The van der Waals surface area contributed by atoms with Crippen LogP contribution in [0.25, 0.3) is 5.69 Å². The van der Waals surface area contributed by atoms with Gasteiger partial charge >= 0.3 is 0 Å². The normalized spacial score (nSPS) is 17.8. The summed E-state index contributed by atoms with van der Waals surface area (Å²) < 4.78 is 1.72. The lowest BCUT2D eigenvalue weighted by Gasteiger charge is -2.23. The van der Waals surface area contributed by atoms with E-state index in [4.69, 9.17) is 0 Å². The Morgan fingerprint density at radius 3 is 2.86 bits per heavy atom. The number of benzene rings is 1. The van der Waals surface area contributed by atoms with Crippen molar-refractivity contribution >= 4 is 18.3 Å². The lowest BCUT2D eigenvalue weighted by atomic mass is 10.1. The van der Waals surface area contributed by atoms with E-state index in [1.165, 1.54) is 0 Å². The first kappa shape index (κ1) is 15.5. The van der Waals surface area contributed by atoms with Gasteiger partial charge in [0.1, 0.15) is 0 Å². The fourth-order valence-corrected chi connectivity index (χ4v) is 2.41. The van der Waals surface area contributed by atoms with E-state index in [0.717, 1.165) is 31.6 Å². The van der Waals surface area contributed by atoms with E-state index in [-0.39, 0.29) is 24.4 Å². The summed E-state index contributed by atoms with van der Waals surface area (Å²) in [6, 6.07) is 9.99. The van der Waals surface area contributed by atoms with E-state index in [9.17, 15) is 4.79 Å². The number of nitrogens with one attached hydrogen (secondary N) is 2. The van der Waals surface area contributed by atoms with E-state index in [1.54, 1.807) is 17.1 Å². The SMILES string of the molecule is Cl.O=C(N[C@@H]1CCCNC1)c1cnn(-c2ccccc2)c1. The smallest absolute Gasteiger partial charge is 0.254 e. The van der Waals surface area contributed by atoms with Gasteiger partial charge in [0.05, 0.1) is 17.4 Å². The number of piperidine rings is 1. The molecule has 0 unspecified atom stereocenters. The van der Waals surface area contributed by atoms with E-state index in [2.05, 4.69) is 15.7 Å². The van der Waals surface area contributed by atoms with E-state index < -0.39 is 0 Å². The summed E-state index contributed by atoms with van der Waals surface area (Å²) in [5, 5.41) is 10.6. The van der Waals surface area contributed by atoms with Gasteiger partial charge in [-0.3, -0.25) is 4.79 Å². The van der Waals surface area contributed by atoms with Crippen LogP contribution in [0.3, 0.4) is 0 Å². The van der Waals surface area contributed by atoms with Gasteiger partial charge in [-0.15, -0.1) is 12.4 Å². The highest BCUT2D eigenvalue weighted by molar-refractivity contribution is 5.94. The summed E-state index contributed by atoms with van der Waals surface area (Å²) in [7, 11) is 0. The number of carbonyl (C=O) groups excluding carboxylic acids is 1. The number of hydrogen-bond donors (Lipinski definition) is 2. The average Bonchev–Trinajstić information content (AvgIpc) is 2.99. The van der Waals surface area contributed by atoms with Gasteiger partial charge in [0, 0.05) is 18.8 Å². The quantitative estimate of drug-likeness (QED) is 0.909. The second kappa shape index (κ2) is 7.24. The van der Waals surface area contributed by atoms with Crippen LogP contribution in [0, 0.1) is 0 Å². The molecule has 2 aromatic rings. The average molecular weight is 307 g/mol. The van der Waals surface area contributed by atoms with E-state index in [0.29, 0.717) is 5.56 Å². The highest BCUT2D eigenvalue weighted by Crippen LogP contribution is 2.08. The van der Waals surface area contributed by atoms with Crippen molar-refractivity contribution in [1.82, 2.24) is 20.4 Å². The first-order valence-electron chi connectivity index (χ1n) is 6.94. The largest absolute Gasteiger partial charge is 0.348 e. The molecule has 2 heterocycles. The Bertz CT molecular complexity index is 578. The minimum Gasteiger partial charge on any atom is -0.348 e. The third-order valence-electron chi connectivity index (χ3n) is 3.50. The van der Waals surface area contributed by atoms with Gasteiger partial charge in [0.25, 0.3) is 5.91 Å². The van der Waals surface area contributed by atoms with Crippen LogP contribution >= 0.6 is 12.4 Å². The fraction of sp³-hybridized carbons (Fsp3) is 0.333. The van der Waals surface area contributed by atoms with E-state index >= 15 is 0 Å². The van der Waals surface area contributed by atoms with Crippen LogP contribution in [0.4, 0.5) is 0 Å². The number of nitrogens with zero attached hydrogens (tertiary/aromatic N) is 2. The Morgan fingerprint density at radius 2 is 2.14 bits per heavy atom. The molecular weight excluding hydrogens is 288 g/mol. The minimum absolute atomic E-state index is 0. The van der Waals surface area contributed by atoms with Gasteiger partial charge in [0.15, 0.2) is 0 Å². The summed E-state index contributed by atoms with van der Waals surface area (Å²) >= 11 is 0.